The molecule has 0 unspecified atom stereocenters. The van der Waals surface area contributed by atoms with Crippen molar-refractivity contribution in [3.8, 4) is 5.75 Å². The molecule has 1 amide bonds. The number of ether oxygens (including phenoxy) is 1. The van der Waals surface area contributed by atoms with Crippen LogP contribution in [-0.4, -0.2) is 47.9 Å². The lowest BCUT2D eigenvalue weighted by atomic mass is 10.0. The van der Waals surface area contributed by atoms with E-state index >= 15 is 0 Å². The minimum atomic E-state index is -3.85. The summed E-state index contributed by atoms with van der Waals surface area (Å²) in [6.07, 6.45) is 2.86. The quantitative estimate of drug-likeness (QED) is 0.529. The van der Waals surface area contributed by atoms with Crippen LogP contribution in [0, 0.1) is 12.8 Å². The summed E-state index contributed by atoms with van der Waals surface area (Å²) in [4.78, 5) is 31.1. The van der Waals surface area contributed by atoms with E-state index in [4.69, 9.17) is 4.74 Å². The zero-order chi connectivity index (χ0) is 24.5. The van der Waals surface area contributed by atoms with Crippen LogP contribution in [0.4, 0.5) is 5.69 Å². The molecule has 1 aliphatic rings. The summed E-state index contributed by atoms with van der Waals surface area (Å²) >= 11 is 1.18. The molecule has 9 nitrogen and oxygen atoms in total. The molecule has 3 aromatic rings. The van der Waals surface area contributed by atoms with Crippen LogP contribution in [0.1, 0.15) is 31.6 Å². The average Bonchev–Trinajstić information content (AvgIpc) is 3.15. The van der Waals surface area contributed by atoms with Gasteiger partial charge in [0.05, 0.1) is 18.3 Å². The van der Waals surface area contributed by atoms with E-state index in [1.807, 2.05) is 6.92 Å². The number of carbonyl (C=O) groups excluding carboxylic acids is 1. The van der Waals surface area contributed by atoms with Crippen molar-refractivity contribution in [3.63, 3.8) is 0 Å². The largest absolute Gasteiger partial charge is 0.494 e. The highest BCUT2D eigenvalue weighted by Gasteiger charge is 2.33. The van der Waals surface area contributed by atoms with Crippen LogP contribution in [0.25, 0.3) is 10.2 Å². The molecule has 4 rings (SSSR count). The van der Waals surface area contributed by atoms with Gasteiger partial charge in [-0.2, -0.15) is 4.31 Å². The van der Waals surface area contributed by atoms with Gasteiger partial charge in [-0.05, 0) is 56.9 Å². The molecule has 0 spiro atoms. The standard InChI is InChI=1S/C23H28N4O5S2/c1-4-32-18-7-5-17(6-8-18)25-19(28)13-26-14-24-22-20(23(26)29)21(16(3)33-22)34(30,31)27-11-9-15(2)10-12-27/h5-8,14-15H,4,9-13H2,1-3H3,(H,25,28). The van der Waals surface area contributed by atoms with Gasteiger partial charge < -0.3 is 10.1 Å². The minimum absolute atomic E-state index is 0.0147. The molecule has 11 heteroatoms. The number of amides is 1. The van der Waals surface area contributed by atoms with Crippen molar-refractivity contribution in [2.45, 2.75) is 45.1 Å². The Morgan fingerprint density at radius 1 is 1.24 bits per heavy atom. The normalized spacial score (nSPS) is 15.5. The fourth-order valence-electron chi connectivity index (χ4n) is 4.05. The molecule has 3 heterocycles. The van der Waals surface area contributed by atoms with Gasteiger partial charge in [-0.25, -0.2) is 13.4 Å². The number of carbonyl (C=O) groups is 1. The molecule has 0 atom stereocenters. The van der Waals surface area contributed by atoms with Crippen LogP contribution in [0.15, 0.2) is 40.3 Å². The van der Waals surface area contributed by atoms with E-state index in [9.17, 15) is 18.0 Å². The lowest BCUT2D eigenvalue weighted by molar-refractivity contribution is -0.116. The van der Waals surface area contributed by atoms with E-state index < -0.39 is 21.5 Å². The van der Waals surface area contributed by atoms with Gasteiger partial charge >= 0.3 is 0 Å². The highest BCUT2D eigenvalue weighted by Crippen LogP contribution is 2.34. The van der Waals surface area contributed by atoms with Crippen molar-refractivity contribution in [1.82, 2.24) is 13.9 Å². The van der Waals surface area contributed by atoms with Gasteiger partial charge in [0, 0.05) is 23.7 Å². The molecule has 1 aliphatic heterocycles. The van der Waals surface area contributed by atoms with Gasteiger partial charge in [0.2, 0.25) is 15.9 Å². The van der Waals surface area contributed by atoms with Gasteiger partial charge in [0.25, 0.3) is 5.56 Å². The van der Waals surface area contributed by atoms with Crippen molar-refractivity contribution in [2.24, 2.45) is 5.92 Å². The molecule has 182 valence electrons. The third-order valence-corrected chi connectivity index (χ3v) is 9.12. The summed E-state index contributed by atoms with van der Waals surface area (Å²) in [6, 6.07) is 6.90. The maximum Gasteiger partial charge on any atom is 0.263 e. The van der Waals surface area contributed by atoms with Crippen molar-refractivity contribution in [2.75, 3.05) is 25.0 Å². The van der Waals surface area contributed by atoms with E-state index in [0.29, 0.717) is 46.8 Å². The Balaban J connectivity index is 1.61. The van der Waals surface area contributed by atoms with Crippen LogP contribution in [0.5, 0.6) is 5.75 Å². The van der Waals surface area contributed by atoms with Crippen molar-refractivity contribution in [3.05, 3.63) is 45.8 Å². The van der Waals surface area contributed by atoms with E-state index in [2.05, 4.69) is 17.2 Å². The fourth-order valence-corrected chi connectivity index (χ4v) is 7.18. The molecule has 0 aliphatic carbocycles. The number of hydrogen-bond donors (Lipinski definition) is 1. The number of thiophene rings is 1. The van der Waals surface area contributed by atoms with E-state index in [1.54, 1.807) is 31.2 Å². The first-order valence-electron chi connectivity index (χ1n) is 11.2. The van der Waals surface area contributed by atoms with Gasteiger partial charge in [0.15, 0.2) is 0 Å². The van der Waals surface area contributed by atoms with Crippen molar-refractivity contribution in [1.29, 1.82) is 0 Å². The summed E-state index contributed by atoms with van der Waals surface area (Å²) in [6.45, 7) is 6.80. The van der Waals surface area contributed by atoms with E-state index in [0.717, 1.165) is 17.4 Å². The number of sulfonamides is 1. The molecular weight excluding hydrogens is 476 g/mol. The summed E-state index contributed by atoms with van der Waals surface area (Å²) in [5.41, 5.74) is 0.0182. The third-order valence-electron chi connectivity index (χ3n) is 5.90. The zero-order valence-corrected chi connectivity index (χ0v) is 21.0. The Bertz CT molecular complexity index is 1350. The maximum atomic E-state index is 13.5. The molecule has 1 N–H and O–H groups in total. The number of aromatic nitrogens is 2. The molecule has 2 aromatic heterocycles. The number of nitrogens with one attached hydrogen (secondary N) is 1. The number of benzene rings is 1. The zero-order valence-electron chi connectivity index (χ0n) is 19.4. The Kier molecular flexibility index (Phi) is 7.06. The first-order chi connectivity index (χ1) is 16.2. The van der Waals surface area contributed by atoms with Crippen molar-refractivity contribution >= 4 is 43.2 Å². The second-order valence-electron chi connectivity index (χ2n) is 8.44. The smallest absolute Gasteiger partial charge is 0.263 e. The highest BCUT2D eigenvalue weighted by atomic mass is 32.2. The molecular formula is C23H28N4O5S2. The summed E-state index contributed by atoms with van der Waals surface area (Å²) in [7, 11) is -3.85. The first kappa shape index (κ1) is 24.4. The number of piperidine rings is 1. The Morgan fingerprint density at radius 2 is 1.91 bits per heavy atom. The first-order valence-corrected chi connectivity index (χ1v) is 13.5. The summed E-state index contributed by atoms with van der Waals surface area (Å²) in [5, 5.41) is 2.79. The number of fused-ring (bicyclic) bond motifs is 1. The fraction of sp³-hybridized carbons (Fsp3) is 0.435. The number of anilines is 1. The maximum absolute atomic E-state index is 13.5. The molecule has 34 heavy (non-hydrogen) atoms. The van der Waals surface area contributed by atoms with Gasteiger partial charge in [-0.15, -0.1) is 11.3 Å². The number of nitrogens with zero attached hydrogens (tertiary/aromatic N) is 3. The number of aryl methyl sites for hydroxylation is 1. The van der Waals surface area contributed by atoms with Crippen LogP contribution >= 0.6 is 11.3 Å². The van der Waals surface area contributed by atoms with Crippen LogP contribution < -0.4 is 15.6 Å². The predicted octanol–water partition coefficient (Wildman–Crippen LogP) is 3.22. The molecule has 1 aromatic carbocycles. The Labute approximate surface area is 202 Å². The van der Waals surface area contributed by atoms with Crippen molar-refractivity contribution < 1.29 is 17.9 Å². The van der Waals surface area contributed by atoms with Crippen LogP contribution in [-0.2, 0) is 21.4 Å². The summed E-state index contributed by atoms with van der Waals surface area (Å²) in [5.74, 6) is 0.740. The minimum Gasteiger partial charge on any atom is -0.494 e. The monoisotopic (exact) mass is 504 g/mol. The van der Waals surface area contributed by atoms with Gasteiger partial charge in [0.1, 0.15) is 22.0 Å². The van der Waals surface area contributed by atoms with Gasteiger partial charge in [-0.1, -0.05) is 6.92 Å². The molecule has 0 radical (unpaired) electrons. The van der Waals surface area contributed by atoms with E-state index in [-0.39, 0.29) is 16.8 Å². The molecule has 0 saturated carbocycles. The van der Waals surface area contributed by atoms with Crippen LogP contribution in [0.3, 0.4) is 0 Å². The Morgan fingerprint density at radius 3 is 2.56 bits per heavy atom. The second kappa shape index (κ2) is 9.85. The number of hydrogen-bond acceptors (Lipinski definition) is 7. The molecule has 1 fully saturated rings. The summed E-state index contributed by atoms with van der Waals surface area (Å²) < 4.78 is 34.9. The Hall–Kier alpha value is -2.76. The SMILES string of the molecule is CCOc1ccc(NC(=O)Cn2cnc3sc(C)c(S(=O)(=O)N4CCC(C)CC4)c3c2=O)cc1. The molecule has 0 bridgehead atoms. The second-order valence-corrected chi connectivity index (χ2v) is 11.5. The van der Waals surface area contributed by atoms with Crippen LogP contribution in [0.2, 0.25) is 0 Å². The van der Waals surface area contributed by atoms with Gasteiger partial charge in [-0.3, -0.25) is 14.2 Å². The third kappa shape index (κ3) is 4.86. The predicted molar refractivity (Wildman–Crippen MR) is 132 cm³/mol. The lowest BCUT2D eigenvalue weighted by Gasteiger charge is -2.29. The number of rotatable bonds is 7. The lowest BCUT2D eigenvalue weighted by Crippen LogP contribution is -2.38. The highest BCUT2D eigenvalue weighted by molar-refractivity contribution is 7.89. The topological polar surface area (TPSA) is 111 Å². The van der Waals surface area contributed by atoms with E-state index in [1.165, 1.54) is 22.0 Å². The average molecular weight is 505 g/mol. The molecule has 1 saturated heterocycles.